The Morgan fingerprint density at radius 3 is 2.88 bits per heavy atom. The molecule has 0 spiro atoms. The van der Waals surface area contributed by atoms with E-state index in [-0.39, 0.29) is 11.1 Å². The van der Waals surface area contributed by atoms with Gasteiger partial charge in [0.1, 0.15) is 0 Å². The number of nitrogens with two attached hydrogens (primary N) is 1. The van der Waals surface area contributed by atoms with Crippen LogP contribution in [0.3, 0.4) is 0 Å². The van der Waals surface area contributed by atoms with E-state index in [1.165, 1.54) is 16.6 Å². The lowest BCUT2D eigenvalue weighted by atomic mass is 10.1. The second-order valence-electron chi connectivity index (χ2n) is 3.93. The van der Waals surface area contributed by atoms with Crippen LogP contribution >= 0.6 is 0 Å². The maximum absolute atomic E-state index is 12.1. The molecule has 1 aromatic rings. The Labute approximate surface area is 95.3 Å². The number of sulfonamides is 1. The Morgan fingerprint density at radius 1 is 1.44 bits per heavy atom. The van der Waals surface area contributed by atoms with Crippen LogP contribution in [-0.4, -0.2) is 36.8 Å². The van der Waals surface area contributed by atoms with Crippen LogP contribution in [0.15, 0.2) is 29.4 Å². The number of hydrogen-bond acceptors (Lipinski definition) is 4. The Kier molecular flexibility index (Phi) is 3.22. The highest BCUT2D eigenvalue weighted by Gasteiger charge is 2.29. The van der Waals surface area contributed by atoms with E-state index in [1.807, 2.05) is 0 Å². The lowest BCUT2D eigenvalue weighted by molar-refractivity contribution is 0.315. The Bertz CT molecular complexity index is 446. The number of piperidine rings is 1. The van der Waals surface area contributed by atoms with Crippen molar-refractivity contribution in [2.24, 2.45) is 5.73 Å². The smallest absolute Gasteiger partial charge is 0.260 e. The third-order valence-electron chi connectivity index (χ3n) is 2.66. The summed E-state index contributed by atoms with van der Waals surface area (Å²) in [5, 5.41) is 0.101. The highest BCUT2D eigenvalue weighted by Crippen LogP contribution is 2.17. The van der Waals surface area contributed by atoms with Crippen molar-refractivity contribution in [3.05, 3.63) is 24.4 Å². The van der Waals surface area contributed by atoms with Gasteiger partial charge in [0, 0.05) is 25.3 Å². The number of rotatable bonds is 2. The molecule has 88 valence electrons. The molecule has 1 saturated heterocycles. The third kappa shape index (κ3) is 2.23. The van der Waals surface area contributed by atoms with E-state index in [2.05, 4.69) is 4.98 Å². The molecule has 2 N–H and O–H groups in total. The summed E-state index contributed by atoms with van der Waals surface area (Å²) in [5.74, 6) is 0. The van der Waals surface area contributed by atoms with E-state index in [4.69, 9.17) is 5.73 Å². The third-order valence-corrected chi connectivity index (χ3v) is 4.44. The predicted molar refractivity (Wildman–Crippen MR) is 60.2 cm³/mol. The summed E-state index contributed by atoms with van der Waals surface area (Å²) in [7, 11) is -3.45. The van der Waals surface area contributed by atoms with Crippen molar-refractivity contribution in [3.63, 3.8) is 0 Å². The van der Waals surface area contributed by atoms with Crippen LogP contribution in [-0.2, 0) is 10.0 Å². The highest BCUT2D eigenvalue weighted by molar-refractivity contribution is 7.89. The van der Waals surface area contributed by atoms with Crippen LogP contribution in [0.4, 0.5) is 0 Å². The molecule has 0 unspecified atom stereocenters. The molecule has 16 heavy (non-hydrogen) atoms. The molecule has 5 nitrogen and oxygen atoms in total. The quantitative estimate of drug-likeness (QED) is 0.802. The van der Waals surface area contributed by atoms with Crippen LogP contribution in [0.25, 0.3) is 0 Å². The van der Waals surface area contributed by atoms with Crippen molar-refractivity contribution < 1.29 is 8.42 Å². The minimum Gasteiger partial charge on any atom is -0.327 e. The van der Waals surface area contributed by atoms with Gasteiger partial charge in [0.05, 0.1) is 0 Å². The van der Waals surface area contributed by atoms with Crippen molar-refractivity contribution in [2.75, 3.05) is 13.1 Å². The number of hydrogen-bond donors (Lipinski definition) is 1. The molecule has 0 amide bonds. The molecule has 1 aromatic heterocycles. The Balaban J connectivity index is 2.26. The summed E-state index contributed by atoms with van der Waals surface area (Å²) >= 11 is 0. The van der Waals surface area contributed by atoms with Crippen molar-refractivity contribution >= 4 is 10.0 Å². The fraction of sp³-hybridized carbons (Fsp3) is 0.500. The molecule has 6 heteroatoms. The zero-order chi connectivity index (χ0) is 11.6. The minimum atomic E-state index is -3.45. The topological polar surface area (TPSA) is 76.3 Å². The summed E-state index contributed by atoms with van der Waals surface area (Å²) in [4.78, 5) is 3.88. The van der Waals surface area contributed by atoms with Crippen molar-refractivity contribution in [1.82, 2.24) is 9.29 Å². The molecule has 0 saturated carbocycles. The summed E-state index contributed by atoms with van der Waals surface area (Å²) in [6, 6.07) is 4.81. The van der Waals surface area contributed by atoms with Gasteiger partial charge in [-0.15, -0.1) is 0 Å². The fourth-order valence-electron chi connectivity index (χ4n) is 1.82. The van der Waals surface area contributed by atoms with Gasteiger partial charge in [0.2, 0.25) is 0 Å². The van der Waals surface area contributed by atoms with Gasteiger partial charge in [0.25, 0.3) is 10.0 Å². The number of nitrogens with zero attached hydrogens (tertiary/aromatic N) is 2. The van der Waals surface area contributed by atoms with Gasteiger partial charge in [0.15, 0.2) is 5.03 Å². The summed E-state index contributed by atoms with van der Waals surface area (Å²) in [5.41, 5.74) is 5.77. The minimum absolute atomic E-state index is 0.0627. The van der Waals surface area contributed by atoms with E-state index in [0.29, 0.717) is 13.1 Å². The van der Waals surface area contributed by atoms with Gasteiger partial charge >= 0.3 is 0 Å². The molecule has 0 aromatic carbocycles. The molecule has 1 aliphatic heterocycles. The lowest BCUT2D eigenvalue weighted by Gasteiger charge is -2.29. The average molecular weight is 241 g/mol. The van der Waals surface area contributed by atoms with Crippen molar-refractivity contribution in [3.8, 4) is 0 Å². The van der Waals surface area contributed by atoms with Crippen molar-refractivity contribution in [2.45, 2.75) is 23.9 Å². The summed E-state index contributed by atoms with van der Waals surface area (Å²) in [6.07, 6.45) is 3.18. The standard InChI is InChI=1S/C10H15N3O2S/c11-9-4-3-7-13(8-9)16(14,15)10-5-1-2-6-12-10/h1-2,5-6,9H,3-4,7-8,11H2/t9-/m1/s1. The van der Waals surface area contributed by atoms with Gasteiger partial charge in [-0.3, -0.25) is 0 Å². The van der Waals surface area contributed by atoms with Gasteiger partial charge in [-0.25, -0.2) is 13.4 Å². The first-order valence-corrected chi connectivity index (χ1v) is 6.71. The molecule has 0 bridgehead atoms. The first-order valence-electron chi connectivity index (χ1n) is 5.27. The van der Waals surface area contributed by atoms with Crippen LogP contribution in [0, 0.1) is 0 Å². The monoisotopic (exact) mass is 241 g/mol. The number of aromatic nitrogens is 1. The van der Waals surface area contributed by atoms with Crippen LogP contribution in [0.2, 0.25) is 0 Å². The maximum atomic E-state index is 12.1. The second kappa shape index (κ2) is 4.48. The van der Waals surface area contributed by atoms with Gasteiger partial charge < -0.3 is 5.73 Å². The first kappa shape index (κ1) is 11.5. The lowest BCUT2D eigenvalue weighted by Crippen LogP contribution is -2.45. The van der Waals surface area contributed by atoms with Crippen LogP contribution in [0.5, 0.6) is 0 Å². The zero-order valence-electron chi connectivity index (χ0n) is 8.91. The molecular weight excluding hydrogens is 226 g/mol. The molecule has 2 rings (SSSR count). The highest BCUT2D eigenvalue weighted by atomic mass is 32.2. The van der Waals surface area contributed by atoms with Crippen molar-refractivity contribution in [1.29, 1.82) is 0 Å². The molecule has 2 heterocycles. The molecular formula is C10H15N3O2S. The Morgan fingerprint density at radius 2 is 2.25 bits per heavy atom. The molecule has 1 aliphatic rings. The van der Waals surface area contributed by atoms with Gasteiger partial charge in [-0.05, 0) is 25.0 Å². The predicted octanol–water partition coefficient (Wildman–Crippen LogP) is 0.193. The van der Waals surface area contributed by atoms with Crippen LogP contribution < -0.4 is 5.73 Å². The summed E-state index contributed by atoms with van der Waals surface area (Å²) < 4.78 is 25.7. The maximum Gasteiger partial charge on any atom is 0.260 e. The van der Waals surface area contributed by atoms with E-state index in [9.17, 15) is 8.42 Å². The SMILES string of the molecule is N[C@@H]1CCCN(S(=O)(=O)c2ccccn2)C1. The molecule has 0 aliphatic carbocycles. The summed E-state index contributed by atoms with van der Waals surface area (Å²) in [6.45, 7) is 0.922. The molecule has 0 radical (unpaired) electrons. The van der Waals surface area contributed by atoms with E-state index in [1.54, 1.807) is 12.1 Å². The molecule has 1 atom stereocenters. The van der Waals surface area contributed by atoms with Crippen LogP contribution in [0.1, 0.15) is 12.8 Å². The van der Waals surface area contributed by atoms with E-state index < -0.39 is 10.0 Å². The molecule has 1 fully saturated rings. The van der Waals surface area contributed by atoms with Gasteiger partial charge in [-0.2, -0.15) is 4.31 Å². The number of pyridine rings is 1. The van der Waals surface area contributed by atoms with E-state index >= 15 is 0 Å². The largest absolute Gasteiger partial charge is 0.327 e. The first-order chi connectivity index (χ1) is 7.60. The van der Waals surface area contributed by atoms with E-state index in [0.717, 1.165) is 12.8 Å². The Hall–Kier alpha value is -0.980. The second-order valence-corrected chi connectivity index (χ2v) is 5.82. The normalized spacial score (nSPS) is 23.2. The average Bonchev–Trinajstić information content (AvgIpc) is 2.30. The fourth-order valence-corrected chi connectivity index (χ4v) is 3.29. The zero-order valence-corrected chi connectivity index (χ0v) is 9.73. The van der Waals surface area contributed by atoms with Gasteiger partial charge in [-0.1, -0.05) is 6.07 Å².